The Morgan fingerprint density at radius 2 is 2.12 bits per heavy atom. The first-order chi connectivity index (χ1) is 12.6. The predicted molar refractivity (Wildman–Crippen MR) is 91.8 cm³/mol. The lowest BCUT2D eigenvalue weighted by molar-refractivity contribution is -0.116. The van der Waals surface area contributed by atoms with Gasteiger partial charge in [-0.05, 0) is 31.2 Å². The van der Waals surface area contributed by atoms with E-state index in [2.05, 4.69) is 25.4 Å². The maximum atomic E-state index is 13.2. The quantitative estimate of drug-likeness (QED) is 0.569. The number of fused-ring (bicyclic) bond motifs is 1. The minimum atomic E-state index is -0.518. The van der Waals surface area contributed by atoms with Gasteiger partial charge in [0, 0.05) is 35.4 Å². The van der Waals surface area contributed by atoms with Crippen molar-refractivity contribution in [2.45, 2.75) is 13.5 Å². The molecule has 0 atom stereocenters. The Morgan fingerprint density at radius 1 is 1.23 bits per heavy atom. The van der Waals surface area contributed by atoms with Crippen molar-refractivity contribution < 1.29 is 9.18 Å². The number of nitrogens with one attached hydrogen (secondary N) is 1. The van der Waals surface area contributed by atoms with Gasteiger partial charge in [0.25, 0.3) is 0 Å². The highest BCUT2D eigenvalue weighted by Crippen LogP contribution is 2.22. The average molecular weight is 351 g/mol. The zero-order valence-corrected chi connectivity index (χ0v) is 13.8. The van der Waals surface area contributed by atoms with Crippen molar-refractivity contribution in [1.29, 1.82) is 0 Å². The molecule has 130 valence electrons. The topological polar surface area (TPSA) is 90.0 Å². The second kappa shape index (κ2) is 6.36. The van der Waals surface area contributed by atoms with Gasteiger partial charge in [-0.3, -0.25) is 10.1 Å². The molecule has 9 heteroatoms. The number of hydrogen-bond acceptors (Lipinski definition) is 5. The number of amides is 1. The second-order valence-corrected chi connectivity index (χ2v) is 5.71. The highest BCUT2D eigenvalue weighted by molar-refractivity contribution is 5.89. The number of nitrogens with zero attached hydrogens (tertiary/aromatic N) is 6. The van der Waals surface area contributed by atoms with Crippen LogP contribution in [0.4, 0.5) is 10.3 Å². The fourth-order valence-electron chi connectivity index (χ4n) is 2.64. The summed E-state index contributed by atoms with van der Waals surface area (Å²) in [6.45, 7) is 1.87. The molecule has 0 aliphatic heterocycles. The molecule has 0 bridgehead atoms. The van der Waals surface area contributed by atoms with Crippen LogP contribution in [0.15, 0.2) is 49.2 Å². The molecule has 0 spiro atoms. The summed E-state index contributed by atoms with van der Waals surface area (Å²) in [6.07, 6.45) is 6.62. The van der Waals surface area contributed by atoms with Crippen molar-refractivity contribution in [3.05, 3.63) is 60.8 Å². The SMILES string of the molecule is Cc1nc(F)ccc1-c1ccc2nc(NC(=O)Cn3ccnc3)nn2c1. The van der Waals surface area contributed by atoms with Crippen molar-refractivity contribution in [3.63, 3.8) is 0 Å². The summed E-state index contributed by atoms with van der Waals surface area (Å²) in [6, 6.07) is 6.61. The van der Waals surface area contributed by atoms with E-state index in [1.165, 1.54) is 6.07 Å². The van der Waals surface area contributed by atoms with Gasteiger partial charge in [-0.2, -0.15) is 9.37 Å². The van der Waals surface area contributed by atoms with E-state index in [9.17, 15) is 9.18 Å². The van der Waals surface area contributed by atoms with Crippen molar-refractivity contribution in [2.75, 3.05) is 5.32 Å². The standard InChI is InChI=1S/C17H14FN7O/c1-11-13(3-4-14(18)20-11)12-2-5-15-21-17(23-25(15)8-12)22-16(26)9-24-7-6-19-10-24/h2-8,10H,9H2,1H3,(H,22,23,26). The average Bonchev–Trinajstić information content (AvgIpc) is 3.23. The number of aromatic nitrogens is 6. The lowest BCUT2D eigenvalue weighted by Gasteiger charge is -2.05. The first-order valence-electron chi connectivity index (χ1n) is 7.84. The van der Waals surface area contributed by atoms with Gasteiger partial charge in [0.2, 0.25) is 17.8 Å². The molecular formula is C17H14FN7O. The van der Waals surface area contributed by atoms with Crippen LogP contribution in [0.2, 0.25) is 0 Å². The van der Waals surface area contributed by atoms with Crippen LogP contribution in [0.3, 0.4) is 0 Å². The molecule has 0 aliphatic carbocycles. The normalized spacial score (nSPS) is 11.0. The van der Waals surface area contributed by atoms with E-state index in [0.29, 0.717) is 11.3 Å². The van der Waals surface area contributed by atoms with Crippen molar-refractivity contribution in [2.24, 2.45) is 0 Å². The fraction of sp³-hybridized carbons (Fsp3) is 0.118. The van der Waals surface area contributed by atoms with Crippen LogP contribution in [-0.2, 0) is 11.3 Å². The van der Waals surface area contributed by atoms with Crippen LogP contribution in [-0.4, -0.2) is 35.0 Å². The van der Waals surface area contributed by atoms with Gasteiger partial charge in [0.05, 0.1) is 6.33 Å². The Hall–Kier alpha value is -3.62. The molecule has 4 aromatic heterocycles. The molecule has 26 heavy (non-hydrogen) atoms. The predicted octanol–water partition coefficient (Wildman–Crippen LogP) is 2.07. The van der Waals surface area contributed by atoms with Gasteiger partial charge in [-0.15, -0.1) is 5.10 Å². The molecule has 0 saturated heterocycles. The zero-order chi connectivity index (χ0) is 18.1. The van der Waals surface area contributed by atoms with E-state index >= 15 is 0 Å². The van der Waals surface area contributed by atoms with Crippen LogP contribution in [0.5, 0.6) is 0 Å². The summed E-state index contributed by atoms with van der Waals surface area (Å²) in [4.78, 5) is 24.0. The minimum Gasteiger partial charge on any atom is -0.328 e. The summed E-state index contributed by atoms with van der Waals surface area (Å²) < 4.78 is 16.4. The molecule has 4 aromatic rings. The molecule has 1 N–H and O–H groups in total. The number of anilines is 1. The smallest absolute Gasteiger partial charge is 0.249 e. The Balaban J connectivity index is 1.58. The molecule has 0 radical (unpaired) electrons. The maximum absolute atomic E-state index is 13.2. The van der Waals surface area contributed by atoms with Gasteiger partial charge in [-0.1, -0.05) is 0 Å². The maximum Gasteiger partial charge on any atom is 0.249 e. The van der Waals surface area contributed by atoms with E-state index in [1.807, 2.05) is 6.07 Å². The van der Waals surface area contributed by atoms with Crippen LogP contribution >= 0.6 is 0 Å². The first kappa shape index (κ1) is 15.9. The number of pyridine rings is 2. The Bertz CT molecular complexity index is 1090. The van der Waals surface area contributed by atoms with Crippen molar-refractivity contribution in [1.82, 2.24) is 29.1 Å². The van der Waals surface area contributed by atoms with E-state index in [-0.39, 0.29) is 18.4 Å². The Labute approximate surface area is 147 Å². The number of imidazole rings is 1. The number of carbonyl (C=O) groups is 1. The molecular weight excluding hydrogens is 337 g/mol. The summed E-state index contributed by atoms with van der Waals surface area (Å²) in [5, 5.41) is 6.92. The molecule has 0 saturated carbocycles. The summed E-state index contributed by atoms with van der Waals surface area (Å²) in [5.74, 6) is -0.560. The molecule has 8 nitrogen and oxygen atoms in total. The Kier molecular flexibility index (Phi) is 3.88. The molecule has 0 unspecified atom stereocenters. The molecule has 4 heterocycles. The largest absolute Gasteiger partial charge is 0.328 e. The van der Waals surface area contributed by atoms with Gasteiger partial charge in [0.1, 0.15) is 6.54 Å². The van der Waals surface area contributed by atoms with Crippen molar-refractivity contribution >= 4 is 17.5 Å². The fourth-order valence-corrected chi connectivity index (χ4v) is 2.64. The minimum absolute atomic E-state index is 0.126. The molecule has 0 fully saturated rings. The van der Waals surface area contributed by atoms with Gasteiger partial charge in [0.15, 0.2) is 5.65 Å². The van der Waals surface area contributed by atoms with Crippen LogP contribution in [0.1, 0.15) is 5.69 Å². The highest BCUT2D eigenvalue weighted by atomic mass is 19.1. The number of hydrogen-bond donors (Lipinski definition) is 1. The third-order valence-electron chi connectivity index (χ3n) is 3.83. The molecule has 0 aromatic carbocycles. The number of rotatable bonds is 4. The lowest BCUT2D eigenvalue weighted by Crippen LogP contribution is -2.18. The Morgan fingerprint density at radius 3 is 2.88 bits per heavy atom. The molecule has 1 amide bonds. The number of carbonyl (C=O) groups excluding carboxylic acids is 1. The first-order valence-corrected chi connectivity index (χ1v) is 7.84. The number of halogens is 1. The number of aryl methyl sites for hydroxylation is 1. The monoisotopic (exact) mass is 351 g/mol. The van der Waals surface area contributed by atoms with Crippen LogP contribution < -0.4 is 5.32 Å². The van der Waals surface area contributed by atoms with Gasteiger partial charge >= 0.3 is 0 Å². The van der Waals surface area contributed by atoms with Crippen molar-refractivity contribution in [3.8, 4) is 11.1 Å². The zero-order valence-electron chi connectivity index (χ0n) is 13.8. The summed E-state index contributed by atoms with van der Waals surface area (Å²) in [7, 11) is 0. The summed E-state index contributed by atoms with van der Waals surface area (Å²) in [5.41, 5.74) is 2.79. The van der Waals surface area contributed by atoms with E-state index < -0.39 is 5.95 Å². The summed E-state index contributed by atoms with van der Waals surface area (Å²) >= 11 is 0. The van der Waals surface area contributed by atoms with E-state index in [0.717, 1.165) is 11.1 Å². The lowest BCUT2D eigenvalue weighted by atomic mass is 10.1. The molecule has 4 rings (SSSR count). The molecule has 0 aliphatic rings. The van der Waals surface area contributed by atoms with Gasteiger partial charge < -0.3 is 4.57 Å². The van der Waals surface area contributed by atoms with E-state index in [4.69, 9.17) is 0 Å². The third kappa shape index (κ3) is 3.14. The van der Waals surface area contributed by atoms with Crippen LogP contribution in [0.25, 0.3) is 16.8 Å². The second-order valence-electron chi connectivity index (χ2n) is 5.71. The van der Waals surface area contributed by atoms with Gasteiger partial charge in [-0.25, -0.2) is 14.5 Å². The van der Waals surface area contributed by atoms with Crippen LogP contribution in [0, 0.1) is 12.9 Å². The highest BCUT2D eigenvalue weighted by Gasteiger charge is 2.11. The van der Waals surface area contributed by atoms with E-state index in [1.54, 1.807) is 53.1 Å². The third-order valence-corrected chi connectivity index (χ3v) is 3.83.